The molecule has 1 aliphatic rings. The Morgan fingerprint density at radius 1 is 1.35 bits per heavy atom. The van der Waals surface area contributed by atoms with Crippen molar-refractivity contribution in [2.24, 2.45) is 0 Å². The number of nitrogens with zero attached hydrogens (tertiary/aromatic N) is 1. The number of rotatable bonds is 6. The first-order valence-corrected chi connectivity index (χ1v) is 9.69. The largest absolute Gasteiger partial charge is 0.378 e. The van der Waals surface area contributed by atoms with Crippen LogP contribution in [0.2, 0.25) is 0 Å². The molecule has 2 amide bonds. The van der Waals surface area contributed by atoms with Crippen molar-refractivity contribution in [3.05, 3.63) is 24.3 Å². The average Bonchev–Trinajstić information content (AvgIpc) is 3.00. The number of nitrogens with one attached hydrogen (secondary N) is 1. The molecule has 1 aliphatic heterocycles. The number of benzene rings is 1. The van der Waals surface area contributed by atoms with Crippen LogP contribution in [0.15, 0.2) is 29.2 Å². The molecule has 0 unspecified atom stereocenters. The van der Waals surface area contributed by atoms with E-state index in [1.165, 1.54) is 12.1 Å². The Bertz CT molecular complexity index is 622. The maximum Gasteiger partial charge on any atom is 0.321 e. The van der Waals surface area contributed by atoms with E-state index >= 15 is 0 Å². The van der Waals surface area contributed by atoms with Crippen LogP contribution in [-0.4, -0.2) is 51.9 Å². The van der Waals surface area contributed by atoms with Gasteiger partial charge < -0.3 is 15.0 Å². The van der Waals surface area contributed by atoms with Gasteiger partial charge in [-0.15, -0.1) is 0 Å². The van der Waals surface area contributed by atoms with Crippen molar-refractivity contribution >= 4 is 21.6 Å². The molecule has 1 aromatic carbocycles. The maximum absolute atomic E-state index is 12.1. The summed E-state index contributed by atoms with van der Waals surface area (Å²) in [6.45, 7) is 1.51. The van der Waals surface area contributed by atoms with E-state index in [4.69, 9.17) is 4.74 Å². The molecule has 1 heterocycles. The van der Waals surface area contributed by atoms with Crippen molar-refractivity contribution in [1.29, 1.82) is 0 Å². The first-order valence-electron chi connectivity index (χ1n) is 7.80. The van der Waals surface area contributed by atoms with E-state index in [9.17, 15) is 13.2 Å². The highest BCUT2D eigenvalue weighted by atomic mass is 32.2. The Kier molecular flexibility index (Phi) is 6.01. The molecule has 0 bridgehead atoms. The van der Waals surface area contributed by atoms with Crippen LogP contribution >= 0.6 is 0 Å². The molecule has 6 nitrogen and oxygen atoms in total. The standard InChI is InChI=1S/C16H24N2O4S/c1-18(11-3-5-14-6-4-12-22-14)16(19)17-13-7-9-15(10-8-13)23(2,20)21/h7-10,14H,3-6,11-12H2,1-2H3,(H,17,19)/t14-/m0/s1. The lowest BCUT2D eigenvalue weighted by molar-refractivity contribution is 0.101. The number of amides is 2. The summed E-state index contributed by atoms with van der Waals surface area (Å²) in [7, 11) is -1.47. The van der Waals surface area contributed by atoms with Crippen molar-refractivity contribution in [3.63, 3.8) is 0 Å². The molecule has 0 radical (unpaired) electrons. The Morgan fingerprint density at radius 2 is 2.04 bits per heavy atom. The first-order chi connectivity index (χ1) is 10.9. The van der Waals surface area contributed by atoms with Crippen LogP contribution in [-0.2, 0) is 14.6 Å². The van der Waals surface area contributed by atoms with Crippen molar-refractivity contribution in [2.75, 3.05) is 31.8 Å². The first kappa shape index (κ1) is 17.7. The molecule has 0 saturated carbocycles. The summed E-state index contributed by atoms with van der Waals surface area (Å²) in [5, 5.41) is 2.76. The van der Waals surface area contributed by atoms with Crippen LogP contribution in [0.5, 0.6) is 0 Å². The monoisotopic (exact) mass is 340 g/mol. The fourth-order valence-electron chi connectivity index (χ4n) is 2.53. The molecule has 1 fully saturated rings. The zero-order valence-electron chi connectivity index (χ0n) is 13.6. The second kappa shape index (κ2) is 7.79. The highest BCUT2D eigenvalue weighted by molar-refractivity contribution is 7.90. The Labute approximate surface area is 137 Å². The van der Waals surface area contributed by atoms with E-state index in [1.54, 1.807) is 24.1 Å². The van der Waals surface area contributed by atoms with Gasteiger partial charge in [0, 0.05) is 32.1 Å². The van der Waals surface area contributed by atoms with Crippen LogP contribution in [0, 0.1) is 0 Å². The maximum atomic E-state index is 12.1. The average molecular weight is 340 g/mol. The van der Waals surface area contributed by atoms with Gasteiger partial charge in [0.05, 0.1) is 11.0 Å². The normalized spacial score (nSPS) is 17.9. The predicted octanol–water partition coefficient (Wildman–Crippen LogP) is 2.51. The highest BCUT2D eigenvalue weighted by Crippen LogP contribution is 2.17. The van der Waals surface area contributed by atoms with E-state index in [0.717, 1.165) is 38.5 Å². The number of hydrogen-bond acceptors (Lipinski definition) is 4. The van der Waals surface area contributed by atoms with E-state index in [2.05, 4.69) is 5.32 Å². The lowest BCUT2D eigenvalue weighted by Crippen LogP contribution is -2.32. The van der Waals surface area contributed by atoms with Crippen LogP contribution in [0.4, 0.5) is 10.5 Å². The molecular weight excluding hydrogens is 316 g/mol. The van der Waals surface area contributed by atoms with Crippen molar-refractivity contribution in [3.8, 4) is 0 Å². The minimum atomic E-state index is -3.22. The van der Waals surface area contributed by atoms with E-state index < -0.39 is 9.84 Å². The van der Waals surface area contributed by atoms with Gasteiger partial charge in [0.15, 0.2) is 9.84 Å². The van der Waals surface area contributed by atoms with E-state index in [-0.39, 0.29) is 10.9 Å². The third-order valence-electron chi connectivity index (χ3n) is 3.92. The molecule has 1 saturated heterocycles. The molecule has 7 heteroatoms. The number of carbonyl (C=O) groups excluding carboxylic acids is 1. The van der Waals surface area contributed by atoms with Crippen molar-refractivity contribution in [2.45, 2.75) is 36.7 Å². The second-order valence-electron chi connectivity index (χ2n) is 5.93. The lowest BCUT2D eigenvalue weighted by Gasteiger charge is -2.19. The van der Waals surface area contributed by atoms with Gasteiger partial charge in [0.25, 0.3) is 0 Å². The number of carbonyl (C=O) groups is 1. The quantitative estimate of drug-likeness (QED) is 0.863. The van der Waals surface area contributed by atoms with Crippen LogP contribution in [0.3, 0.4) is 0 Å². The van der Waals surface area contributed by atoms with E-state index in [1.807, 2.05) is 0 Å². The third-order valence-corrected chi connectivity index (χ3v) is 5.05. The number of sulfone groups is 1. The Balaban J connectivity index is 1.78. The summed E-state index contributed by atoms with van der Waals surface area (Å²) >= 11 is 0. The minimum absolute atomic E-state index is 0.204. The summed E-state index contributed by atoms with van der Waals surface area (Å²) in [5.74, 6) is 0. The van der Waals surface area contributed by atoms with Gasteiger partial charge in [-0.3, -0.25) is 0 Å². The van der Waals surface area contributed by atoms with Gasteiger partial charge in [-0.05, 0) is 49.9 Å². The molecule has 1 atom stereocenters. The van der Waals surface area contributed by atoms with Gasteiger partial charge in [-0.2, -0.15) is 0 Å². The Hall–Kier alpha value is -1.60. The fraction of sp³-hybridized carbons (Fsp3) is 0.562. The molecule has 1 aromatic rings. The third kappa shape index (κ3) is 5.51. The second-order valence-corrected chi connectivity index (χ2v) is 7.94. The SMILES string of the molecule is CN(CCC[C@H]1CCCO1)C(=O)Nc1ccc(S(C)(=O)=O)cc1. The predicted molar refractivity (Wildman–Crippen MR) is 89.4 cm³/mol. The Morgan fingerprint density at radius 3 is 2.61 bits per heavy atom. The molecule has 2 rings (SSSR count). The molecule has 23 heavy (non-hydrogen) atoms. The van der Waals surface area contributed by atoms with Crippen molar-refractivity contribution < 1.29 is 17.9 Å². The zero-order valence-corrected chi connectivity index (χ0v) is 14.4. The highest BCUT2D eigenvalue weighted by Gasteiger charge is 2.16. The number of hydrogen-bond donors (Lipinski definition) is 1. The van der Waals surface area contributed by atoms with Crippen molar-refractivity contribution in [1.82, 2.24) is 4.90 Å². The summed E-state index contributed by atoms with van der Waals surface area (Å²) in [6.07, 6.45) is 5.62. The molecule has 1 N–H and O–H groups in total. The van der Waals surface area contributed by atoms with Crippen LogP contribution < -0.4 is 5.32 Å². The topological polar surface area (TPSA) is 75.7 Å². The smallest absolute Gasteiger partial charge is 0.321 e. The molecule has 0 aromatic heterocycles. The zero-order chi connectivity index (χ0) is 16.9. The fourth-order valence-corrected chi connectivity index (χ4v) is 3.16. The number of anilines is 1. The molecule has 0 aliphatic carbocycles. The molecular formula is C16H24N2O4S. The summed E-state index contributed by atoms with van der Waals surface area (Å²) in [4.78, 5) is 13.9. The summed E-state index contributed by atoms with van der Waals surface area (Å²) in [5.41, 5.74) is 0.577. The summed E-state index contributed by atoms with van der Waals surface area (Å²) in [6, 6.07) is 5.96. The van der Waals surface area contributed by atoms with Crippen LogP contribution in [0.1, 0.15) is 25.7 Å². The van der Waals surface area contributed by atoms with Gasteiger partial charge in [-0.25, -0.2) is 13.2 Å². The number of urea groups is 1. The summed E-state index contributed by atoms with van der Waals surface area (Å²) < 4.78 is 28.4. The van der Waals surface area contributed by atoms with Gasteiger partial charge in [0.2, 0.25) is 0 Å². The number of ether oxygens (including phenoxy) is 1. The molecule has 0 spiro atoms. The van der Waals surface area contributed by atoms with E-state index in [0.29, 0.717) is 18.3 Å². The van der Waals surface area contributed by atoms with Gasteiger partial charge >= 0.3 is 6.03 Å². The van der Waals surface area contributed by atoms with Gasteiger partial charge in [-0.1, -0.05) is 0 Å². The van der Waals surface area contributed by atoms with Crippen LogP contribution in [0.25, 0.3) is 0 Å². The lowest BCUT2D eigenvalue weighted by atomic mass is 10.1. The van der Waals surface area contributed by atoms with Gasteiger partial charge in [0.1, 0.15) is 0 Å². The molecule has 128 valence electrons. The minimum Gasteiger partial charge on any atom is -0.378 e.